The topological polar surface area (TPSA) is 84.2 Å². The number of rotatable bonds is 9. The number of hydrogen-bond donors (Lipinski definition) is 0. The van der Waals surface area contributed by atoms with Gasteiger partial charge in [-0.25, -0.2) is 19.6 Å². The van der Waals surface area contributed by atoms with Gasteiger partial charge in [0.1, 0.15) is 11.6 Å². The van der Waals surface area contributed by atoms with Crippen LogP contribution < -0.4 is 4.74 Å². The van der Waals surface area contributed by atoms with Crippen molar-refractivity contribution in [3.63, 3.8) is 0 Å². The van der Waals surface area contributed by atoms with E-state index in [-0.39, 0.29) is 6.04 Å². The molecule has 3 rings (SSSR count). The SMILES string of the molecule is CCc1nc2c(nc1-c1ccc(C(C)C)nc1OC)c(C)nn2C(COC)COC. The van der Waals surface area contributed by atoms with Gasteiger partial charge in [-0.3, -0.25) is 0 Å². The first-order chi connectivity index (χ1) is 14.4. The Morgan fingerprint density at radius 2 is 1.70 bits per heavy atom. The number of ether oxygens (including phenoxy) is 3. The molecule has 0 bridgehead atoms. The Labute approximate surface area is 177 Å². The number of hydrogen-bond acceptors (Lipinski definition) is 7. The lowest BCUT2D eigenvalue weighted by atomic mass is 10.1. The van der Waals surface area contributed by atoms with Crippen molar-refractivity contribution < 1.29 is 14.2 Å². The molecule has 0 aromatic carbocycles. The molecule has 0 amide bonds. The fourth-order valence-electron chi connectivity index (χ4n) is 3.52. The molecule has 0 saturated carbocycles. The molecule has 0 aliphatic rings. The van der Waals surface area contributed by atoms with E-state index in [4.69, 9.17) is 29.3 Å². The van der Waals surface area contributed by atoms with Gasteiger partial charge >= 0.3 is 0 Å². The molecule has 8 nitrogen and oxygen atoms in total. The largest absolute Gasteiger partial charge is 0.480 e. The second-order valence-electron chi connectivity index (χ2n) is 7.59. The summed E-state index contributed by atoms with van der Waals surface area (Å²) in [6, 6.07) is 3.97. The van der Waals surface area contributed by atoms with E-state index < -0.39 is 0 Å². The van der Waals surface area contributed by atoms with Crippen molar-refractivity contribution in [1.29, 1.82) is 0 Å². The Balaban J connectivity index is 2.20. The molecule has 30 heavy (non-hydrogen) atoms. The number of aryl methyl sites for hydroxylation is 2. The number of fused-ring (bicyclic) bond motifs is 1. The molecule has 0 atom stereocenters. The van der Waals surface area contributed by atoms with E-state index in [1.165, 1.54) is 0 Å². The molecule has 0 N–H and O–H groups in total. The van der Waals surface area contributed by atoms with Gasteiger partial charge in [-0.1, -0.05) is 20.8 Å². The third-order valence-electron chi connectivity index (χ3n) is 5.09. The zero-order chi connectivity index (χ0) is 21.8. The molecule has 3 aromatic heterocycles. The van der Waals surface area contributed by atoms with Crippen molar-refractivity contribution in [3.05, 3.63) is 29.2 Å². The standard InChI is InChI=1S/C22H31N5O3/c1-8-17-20(16-9-10-18(13(2)3)24-22(16)30-7)25-19-14(4)26-27(21(19)23-17)15(11-28-5)12-29-6/h9-10,13,15H,8,11-12H2,1-7H3. The third-order valence-corrected chi connectivity index (χ3v) is 5.09. The molecule has 0 aliphatic carbocycles. The average molecular weight is 414 g/mol. The van der Waals surface area contributed by atoms with E-state index >= 15 is 0 Å². The molecule has 0 saturated heterocycles. The van der Waals surface area contributed by atoms with Gasteiger partial charge in [0.2, 0.25) is 5.88 Å². The maximum absolute atomic E-state index is 5.61. The fourth-order valence-corrected chi connectivity index (χ4v) is 3.52. The Morgan fingerprint density at radius 3 is 2.27 bits per heavy atom. The van der Waals surface area contributed by atoms with Crippen LogP contribution in [0.15, 0.2) is 12.1 Å². The summed E-state index contributed by atoms with van der Waals surface area (Å²) in [5.74, 6) is 0.873. The highest BCUT2D eigenvalue weighted by atomic mass is 16.5. The average Bonchev–Trinajstić information content (AvgIpc) is 3.07. The number of nitrogens with zero attached hydrogens (tertiary/aromatic N) is 5. The predicted octanol–water partition coefficient (Wildman–Crippen LogP) is 3.73. The van der Waals surface area contributed by atoms with E-state index in [2.05, 4.69) is 25.8 Å². The lowest BCUT2D eigenvalue weighted by molar-refractivity contribution is 0.0855. The molecule has 162 valence electrons. The predicted molar refractivity (Wildman–Crippen MR) is 116 cm³/mol. The van der Waals surface area contributed by atoms with Gasteiger partial charge in [0.25, 0.3) is 0 Å². The molecule has 0 radical (unpaired) electrons. The van der Waals surface area contributed by atoms with Crippen LogP contribution in [0.25, 0.3) is 22.4 Å². The van der Waals surface area contributed by atoms with Gasteiger partial charge in [0.05, 0.1) is 43.0 Å². The summed E-state index contributed by atoms with van der Waals surface area (Å²) in [5.41, 5.74) is 5.77. The minimum Gasteiger partial charge on any atom is -0.480 e. The lowest BCUT2D eigenvalue weighted by Gasteiger charge is -2.17. The van der Waals surface area contributed by atoms with Crippen molar-refractivity contribution in [2.75, 3.05) is 34.5 Å². The minimum atomic E-state index is -0.0809. The Kier molecular flexibility index (Phi) is 6.99. The monoisotopic (exact) mass is 413 g/mol. The second-order valence-corrected chi connectivity index (χ2v) is 7.59. The van der Waals surface area contributed by atoms with E-state index in [1.54, 1.807) is 21.3 Å². The summed E-state index contributed by atoms with van der Waals surface area (Å²) in [7, 11) is 4.97. The molecule has 0 aliphatic heterocycles. The van der Waals surface area contributed by atoms with Gasteiger partial charge in [-0.05, 0) is 31.4 Å². The van der Waals surface area contributed by atoms with Crippen molar-refractivity contribution in [3.8, 4) is 17.1 Å². The zero-order valence-electron chi connectivity index (χ0n) is 18.9. The summed E-state index contributed by atoms with van der Waals surface area (Å²) in [6.45, 7) is 9.18. The van der Waals surface area contributed by atoms with Crippen molar-refractivity contribution in [2.24, 2.45) is 0 Å². The normalized spacial score (nSPS) is 11.8. The van der Waals surface area contributed by atoms with Gasteiger partial charge in [0, 0.05) is 19.9 Å². The number of pyridine rings is 1. The highest BCUT2D eigenvalue weighted by Gasteiger charge is 2.23. The highest BCUT2D eigenvalue weighted by molar-refractivity contribution is 5.79. The molecule has 0 unspecified atom stereocenters. The summed E-state index contributed by atoms with van der Waals surface area (Å²) in [5, 5.41) is 4.70. The Morgan fingerprint density at radius 1 is 1.00 bits per heavy atom. The molecule has 0 fully saturated rings. The van der Waals surface area contributed by atoms with Crippen LogP contribution >= 0.6 is 0 Å². The zero-order valence-corrected chi connectivity index (χ0v) is 18.9. The molecular formula is C22H31N5O3. The van der Waals surface area contributed by atoms with E-state index in [1.807, 2.05) is 23.7 Å². The quantitative estimate of drug-likeness (QED) is 0.528. The van der Waals surface area contributed by atoms with E-state index in [9.17, 15) is 0 Å². The molecular weight excluding hydrogens is 382 g/mol. The minimum absolute atomic E-state index is 0.0809. The van der Waals surface area contributed by atoms with Gasteiger partial charge in [0.15, 0.2) is 5.65 Å². The van der Waals surface area contributed by atoms with Crippen LogP contribution in [-0.4, -0.2) is 59.3 Å². The van der Waals surface area contributed by atoms with Gasteiger partial charge < -0.3 is 14.2 Å². The summed E-state index contributed by atoms with van der Waals surface area (Å²) in [4.78, 5) is 14.6. The molecule has 0 spiro atoms. The Bertz CT molecular complexity index is 1010. The maximum Gasteiger partial charge on any atom is 0.222 e. The molecule has 3 aromatic rings. The molecule has 3 heterocycles. The van der Waals surface area contributed by atoms with E-state index in [0.29, 0.717) is 25.0 Å². The van der Waals surface area contributed by atoms with Crippen LogP contribution in [0.5, 0.6) is 5.88 Å². The lowest BCUT2D eigenvalue weighted by Crippen LogP contribution is -2.21. The van der Waals surface area contributed by atoms with Crippen LogP contribution in [0.2, 0.25) is 0 Å². The van der Waals surface area contributed by atoms with Crippen LogP contribution in [0.4, 0.5) is 0 Å². The second kappa shape index (κ2) is 9.49. The summed E-state index contributed by atoms with van der Waals surface area (Å²) < 4.78 is 18.2. The first-order valence-electron chi connectivity index (χ1n) is 10.2. The summed E-state index contributed by atoms with van der Waals surface area (Å²) >= 11 is 0. The highest BCUT2D eigenvalue weighted by Crippen LogP contribution is 2.33. The van der Waals surface area contributed by atoms with Crippen LogP contribution in [-0.2, 0) is 15.9 Å². The smallest absolute Gasteiger partial charge is 0.222 e. The van der Waals surface area contributed by atoms with Crippen molar-refractivity contribution >= 4 is 11.2 Å². The van der Waals surface area contributed by atoms with Gasteiger partial charge in [-0.15, -0.1) is 0 Å². The number of methoxy groups -OCH3 is 3. The first kappa shape index (κ1) is 22.1. The maximum atomic E-state index is 5.61. The van der Waals surface area contributed by atoms with Crippen LogP contribution in [0, 0.1) is 6.92 Å². The number of aromatic nitrogens is 5. The fraction of sp³-hybridized carbons (Fsp3) is 0.545. The van der Waals surface area contributed by atoms with E-state index in [0.717, 1.165) is 45.9 Å². The third kappa shape index (κ3) is 4.15. The van der Waals surface area contributed by atoms with Crippen molar-refractivity contribution in [2.45, 2.75) is 46.1 Å². The molecule has 8 heteroatoms. The van der Waals surface area contributed by atoms with Crippen molar-refractivity contribution in [1.82, 2.24) is 24.7 Å². The van der Waals surface area contributed by atoms with Crippen LogP contribution in [0.3, 0.4) is 0 Å². The van der Waals surface area contributed by atoms with Gasteiger partial charge in [-0.2, -0.15) is 5.10 Å². The van der Waals surface area contributed by atoms with Crippen LogP contribution in [0.1, 0.15) is 49.8 Å². The Hall–Kier alpha value is -2.58. The first-order valence-corrected chi connectivity index (χ1v) is 10.2. The summed E-state index contributed by atoms with van der Waals surface area (Å²) in [6.07, 6.45) is 0.719.